The second kappa shape index (κ2) is 9.97. The Balaban J connectivity index is 1.56. The molecule has 2 heterocycles. The van der Waals surface area contributed by atoms with E-state index >= 15 is 0 Å². The lowest BCUT2D eigenvalue weighted by Crippen LogP contribution is -2.25. The number of anilines is 1. The Bertz CT molecular complexity index is 1170. The van der Waals surface area contributed by atoms with Gasteiger partial charge in [0, 0.05) is 13.1 Å². The number of likely N-dealkylation sites (tertiary alicyclic amines) is 1. The summed E-state index contributed by atoms with van der Waals surface area (Å²) < 4.78 is 5.92. The summed E-state index contributed by atoms with van der Waals surface area (Å²) in [5.74, 6) is -0.553. The van der Waals surface area contributed by atoms with Crippen LogP contribution in [0.15, 0.2) is 59.5 Å². The van der Waals surface area contributed by atoms with Gasteiger partial charge >= 0.3 is 5.97 Å². The Morgan fingerprint density at radius 1 is 1.09 bits per heavy atom. The molecule has 0 saturated carbocycles. The van der Waals surface area contributed by atoms with Gasteiger partial charge in [0.05, 0.1) is 30.2 Å². The summed E-state index contributed by atoms with van der Waals surface area (Å²) in [7, 11) is 1.29. The van der Waals surface area contributed by atoms with Crippen LogP contribution in [0, 0.1) is 0 Å². The number of halogens is 1. The van der Waals surface area contributed by atoms with Crippen molar-refractivity contribution in [2.45, 2.75) is 25.9 Å². The van der Waals surface area contributed by atoms with E-state index in [2.05, 4.69) is 27.4 Å². The van der Waals surface area contributed by atoms with Crippen LogP contribution in [0.3, 0.4) is 0 Å². The smallest absolute Gasteiger partial charge is 0.340 e. The second-order valence-corrected chi connectivity index (χ2v) is 8.08. The number of para-hydroxylation sites is 1. The Morgan fingerprint density at radius 3 is 2.53 bits per heavy atom. The molecule has 0 bridgehead atoms. The van der Waals surface area contributed by atoms with Crippen molar-refractivity contribution in [3.8, 4) is 5.69 Å². The fourth-order valence-electron chi connectivity index (χ4n) is 3.92. The topological polar surface area (TPSA) is 76.5 Å². The summed E-state index contributed by atoms with van der Waals surface area (Å²) in [5, 5.41) is 7.50. The minimum Gasteiger partial charge on any atom is -0.465 e. The number of nitrogens with one attached hydrogen (secondary N) is 1. The standard InChI is InChI=1S/C24H25ClN4O3/c1-32-24(31)19-10-4-5-11-21(19)29-23(30)22(25)20(15-27-29)26-14-17-8-2-3-9-18(17)16-28-12-6-7-13-28/h2-5,8-11,15,26H,6-7,12-14,16H2,1H3. The Labute approximate surface area is 191 Å². The van der Waals surface area contributed by atoms with E-state index in [1.807, 2.05) is 12.1 Å². The summed E-state index contributed by atoms with van der Waals surface area (Å²) in [6.07, 6.45) is 4.00. The van der Waals surface area contributed by atoms with Crippen molar-refractivity contribution in [3.63, 3.8) is 0 Å². The third-order valence-electron chi connectivity index (χ3n) is 5.64. The lowest BCUT2D eigenvalue weighted by molar-refractivity contribution is 0.0600. The van der Waals surface area contributed by atoms with Crippen molar-refractivity contribution in [1.29, 1.82) is 0 Å². The first-order valence-corrected chi connectivity index (χ1v) is 10.9. The number of nitrogens with zero attached hydrogens (tertiary/aromatic N) is 3. The first-order valence-electron chi connectivity index (χ1n) is 10.6. The summed E-state index contributed by atoms with van der Waals surface area (Å²) in [4.78, 5) is 27.5. The third kappa shape index (κ3) is 4.69. The number of benzene rings is 2. The van der Waals surface area contributed by atoms with Gasteiger partial charge in [-0.25, -0.2) is 4.79 Å². The molecule has 8 heteroatoms. The van der Waals surface area contributed by atoms with Crippen molar-refractivity contribution >= 4 is 23.3 Å². The van der Waals surface area contributed by atoms with Gasteiger partial charge in [0.2, 0.25) is 0 Å². The average molecular weight is 453 g/mol. The van der Waals surface area contributed by atoms with E-state index in [0.717, 1.165) is 29.9 Å². The fraction of sp³-hybridized carbons (Fsp3) is 0.292. The quantitative estimate of drug-likeness (QED) is 0.548. The maximum Gasteiger partial charge on any atom is 0.340 e. The molecule has 1 fully saturated rings. The summed E-state index contributed by atoms with van der Waals surface area (Å²) >= 11 is 6.40. The van der Waals surface area contributed by atoms with Gasteiger partial charge in [-0.05, 0) is 49.2 Å². The number of esters is 1. The van der Waals surface area contributed by atoms with Crippen molar-refractivity contribution in [3.05, 3.63) is 86.8 Å². The van der Waals surface area contributed by atoms with Gasteiger partial charge in [-0.15, -0.1) is 0 Å². The molecule has 3 aromatic rings. The predicted octanol–water partition coefficient (Wildman–Crippen LogP) is 3.88. The van der Waals surface area contributed by atoms with Crippen LogP contribution in [0.1, 0.15) is 34.3 Å². The van der Waals surface area contributed by atoms with Crippen molar-refractivity contribution in [2.75, 3.05) is 25.5 Å². The van der Waals surface area contributed by atoms with Gasteiger partial charge < -0.3 is 10.1 Å². The van der Waals surface area contributed by atoms with E-state index in [1.165, 1.54) is 31.7 Å². The van der Waals surface area contributed by atoms with Crippen molar-refractivity contribution < 1.29 is 9.53 Å². The van der Waals surface area contributed by atoms with E-state index < -0.39 is 11.5 Å². The van der Waals surface area contributed by atoms with Crippen LogP contribution in [-0.4, -0.2) is 40.8 Å². The van der Waals surface area contributed by atoms with Crippen LogP contribution in [0.25, 0.3) is 5.69 Å². The normalized spacial score (nSPS) is 13.8. The molecule has 166 valence electrons. The number of methoxy groups -OCH3 is 1. The lowest BCUT2D eigenvalue weighted by Gasteiger charge is -2.18. The van der Waals surface area contributed by atoms with Crippen LogP contribution >= 0.6 is 11.6 Å². The van der Waals surface area contributed by atoms with E-state index in [1.54, 1.807) is 24.3 Å². The molecule has 0 atom stereocenters. The zero-order valence-corrected chi connectivity index (χ0v) is 18.6. The molecular weight excluding hydrogens is 428 g/mol. The first kappa shape index (κ1) is 22.0. The van der Waals surface area contributed by atoms with Gasteiger partial charge in [-0.2, -0.15) is 9.78 Å². The largest absolute Gasteiger partial charge is 0.465 e. The highest BCUT2D eigenvalue weighted by Gasteiger charge is 2.18. The van der Waals surface area contributed by atoms with Gasteiger partial charge in [-0.3, -0.25) is 9.69 Å². The molecular formula is C24H25ClN4O3. The SMILES string of the molecule is COC(=O)c1ccccc1-n1ncc(NCc2ccccc2CN2CCCC2)c(Cl)c1=O. The third-order valence-corrected chi connectivity index (χ3v) is 6.00. The molecule has 1 aliphatic rings. The molecule has 1 aliphatic heterocycles. The molecule has 0 amide bonds. The van der Waals surface area contributed by atoms with Crippen LogP contribution in [0.4, 0.5) is 5.69 Å². The summed E-state index contributed by atoms with van der Waals surface area (Å²) in [5.41, 5.74) is 2.88. The zero-order chi connectivity index (χ0) is 22.5. The molecule has 0 radical (unpaired) electrons. The molecule has 0 unspecified atom stereocenters. The number of rotatable bonds is 7. The van der Waals surface area contributed by atoms with E-state index in [0.29, 0.717) is 17.9 Å². The number of hydrogen-bond acceptors (Lipinski definition) is 6. The van der Waals surface area contributed by atoms with Gasteiger partial charge in [0.15, 0.2) is 0 Å². The summed E-state index contributed by atoms with van der Waals surface area (Å²) in [6, 6.07) is 14.9. The van der Waals surface area contributed by atoms with Crippen LogP contribution in [0.5, 0.6) is 0 Å². The number of carbonyl (C=O) groups excluding carboxylic acids is 1. The maximum absolute atomic E-state index is 12.9. The second-order valence-electron chi connectivity index (χ2n) is 7.70. The molecule has 1 aromatic heterocycles. The molecule has 2 aromatic carbocycles. The predicted molar refractivity (Wildman–Crippen MR) is 124 cm³/mol. The molecule has 1 N–H and O–H groups in total. The Hall–Kier alpha value is -3.16. The highest BCUT2D eigenvalue weighted by molar-refractivity contribution is 6.32. The fourth-order valence-corrected chi connectivity index (χ4v) is 4.12. The minimum absolute atomic E-state index is 0.0108. The first-order chi connectivity index (χ1) is 15.6. The van der Waals surface area contributed by atoms with Crippen LogP contribution in [0.2, 0.25) is 5.02 Å². The van der Waals surface area contributed by atoms with Crippen LogP contribution in [-0.2, 0) is 17.8 Å². The molecule has 32 heavy (non-hydrogen) atoms. The molecule has 0 spiro atoms. The zero-order valence-electron chi connectivity index (χ0n) is 17.9. The Morgan fingerprint density at radius 2 is 1.78 bits per heavy atom. The average Bonchev–Trinajstić information content (AvgIpc) is 3.33. The molecule has 7 nitrogen and oxygen atoms in total. The Kier molecular flexibility index (Phi) is 6.87. The maximum atomic E-state index is 12.9. The molecule has 4 rings (SSSR count). The van der Waals surface area contributed by atoms with E-state index in [-0.39, 0.29) is 10.6 Å². The lowest BCUT2D eigenvalue weighted by atomic mass is 10.1. The number of ether oxygens (including phenoxy) is 1. The summed E-state index contributed by atoms with van der Waals surface area (Å²) in [6.45, 7) is 3.69. The number of carbonyl (C=O) groups is 1. The molecule has 0 aliphatic carbocycles. The van der Waals surface area contributed by atoms with Crippen LogP contribution < -0.4 is 10.9 Å². The molecule has 1 saturated heterocycles. The minimum atomic E-state index is -0.553. The van der Waals surface area contributed by atoms with E-state index in [4.69, 9.17) is 16.3 Å². The number of hydrogen-bond donors (Lipinski definition) is 1. The van der Waals surface area contributed by atoms with Gasteiger partial charge in [0.1, 0.15) is 5.02 Å². The monoisotopic (exact) mass is 452 g/mol. The number of aromatic nitrogens is 2. The van der Waals surface area contributed by atoms with Crippen molar-refractivity contribution in [1.82, 2.24) is 14.7 Å². The highest BCUT2D eigenvalue weighted by atomic mass is 35.5. The highest BCUT2D eigenvalue weighted by Crippen LogP contribution is 2.21. The van der Waals surface area contributed by atoms with Gasteiger partial charge in [-0.1, -0.05) is 48.0 Å². The van der Waals surface area contributed by atoms with E-state index in [9.17, 15) is 9.59 Å². The van der Waals surface area contributed by atoms with Crippen molar-refractivity contribution in [2.24, 2.45) is 0 Å². The van der Waals surface area contributed by atoms with Gasteiger partial charge in [0.25, 0.3) is 5.56 Å².